The van der Waals surface area contributed by atoms with Gasteiger partial charge in [-0.15, -0.1) is 0 Å². The van der Waals surface area contributed by atoms with Gasteiger partial charge in [0.1, 0.15) is 12.4 Å². The summed E-state index contributed by atoms with van der Waals surface area (Å²) >= 11 is 0. The summed E-state index contributed by atoms with van der Waals surface area (Å²) in [5.74, 6) is -0.129. The third-order valence-corrected chi connectivity index (χ3v) is 3.41. The molecular formula is C14H20N2O3. The fourth-order valence-electron chi connectivity index (χ4n) is 2.32. The third-order valence-electron chi connectivity index (χ3n) is 3.41. The van der Waals surface area contributed by atoms with Crippen molar-refractivity contribution in [2.45, 2.75) is 12.8 Å². The summed E-state index contributed by atoms with van der Waals surface area (Å²) in [7, 11) is 0. The highest BCUT2D eigenvalue weighted by Gasteiger charge is 2.24. The molecule has 0 amide bonds. The second kappa shape index (κ2) is 6.43. The van der Waals surface area contributed by atoms with E-state index in [0.717, 1.165) is 31.7 Å². The van der Waals surface area contributed by atoms with E-state index in [2.05, 4.69) is 4.90 Å². The summed E-state index contributed by atoms with van der Waals surface area (Å²) in [6.45, 7) is 2.90. The molecule has 1 atom stereocenters. The molecule has 0 spiro atoms. The van der Waals surface area contributed by atoms with Crippen molar-refractivity contribution in [3.05, 3.63) is 24.3 Å². The number of carbonyl (C=O) groups is 1. The average Bonchev–Trinajstić information content (AvgIpc) is 2.41. The first kappa shape index (κ1) is 13.7. The molecule has 1 aliphatic rings. The van der Waals surface area contributed by atoms with Crippen LogP contribution in [-0.4, -0.2) is 42.2 Å². The van der Waals surface area contributed by atoms with E-state index in [1.807, 2.05) is 12.1 Å². The van der Waals surface area contributed by atoms with Crippen LogP contribution in [0.5, 0.6) is 5.75 Å². The quantitative estimate of drug-likeness (QED) is 0.787. The highest BCUT2D eigenvalue weighted by Crippen LogP contribution is 2.17. The van der Waals surface area contributed by atoms with Crippen molar-refractivity contribution in [3.63, 3.8) is 0 Å². The molecule has 104 valence electrons. The van der Waals surface area contributed by atoms with Crippen molar-refractivity contribution < 1.29 is 14.6 Å². The minimum absolute atomic E-state index is 0.231. The van der Waals surface area contributed by atoms with E-state index in [0.29, 0.717) is 18.8 Å². The van der Waals surface area contributed by atoms with Gasteiger partial charge in [0.15, 0.2) is 0 Å². The van der Waals surface area contributed by atoms with Gasteiger partial charge in [0.05, 0.1) is 5.92 Å². The standard InChI is InChI=1S/C14H20N2O3/c15-12-3-5-13(6-4-12)19-9-8-16-7-1-2-11(10-16)14(17)18/h3-6,11H,1-2,7-10,15H2,(H,17,18). The lowest BCUT2D eigenvalue weighted by Crippen LogP contribution is -2.40. The van der Waals surface area contributed by atoms with Crippen molar-refractivity contribution in [1.29, 1.82) is 0 Å². The Bertz CT molecular complexity index is 419. The molecule has 5 nitrogen and oxygen atoms in total. The molecule has 1 fully saturated rings. The molecule has 0 aliphatic carbocycles. The summed E-state index contributed by atoms with van der Waals surface area (Å²) in [5.41, 5.74) is 6.31. The van der Waals surface area contributed by atoms with Crippen molar-refractivity contribution in [3.8, 4) is 5.75 Å². The number of piperidine rings is 1. The SMILES string of the molecule is Nc1ccc(OCCN2CCCC(C(=O)O)C2)cc1. The Morgan fingerprint density at radius 1 is 1.42 bits per heavy atom. The highest BCUT2D eigenvalue weighted by atomic mass is 16.5. The Hall–Kier alpha value is -1.75. The fourth-order valence-corrected chi connectivity index (χ4v) is 2.32. The number of likely N-dealkylation sites (tertiary alicyclic amines) is 1. The zero-order valence-electron chi connectivity index (χ0n) is 10.9. The molecule has 0 bridgehead atoms. The molecule has 0 saturated carbocycles. The number of nitrogen functional groups attached to an aromatic ring is 1. The molecule has 19 heavy (non-hydrogen) atoms. The second-order valence-electron chi connectivity index (χ2n) is 4.90. The Morgan fingerprint density at radius 2 is 2.16 bits per heavy atom. The summed E-state index contributed by atoms with van der Waals surface area (Å²) in [6.07, 6.45) is 1.73. The molecular weight excluding hydrogens is 244 g/mol. The number of carboxylic acid groups (broad SMARTS) is 1. The van der Waals surface area contributed by atoms with E-state index in [1.54, 1.807) is 12.1 Å². The molecule has 1 aromatic rings. The molecule has 2 rings (SSSR count). The monoisotopic (exact) mass is 264 g/mol. The topological polar surface area (TPSA) is 75.8 Å². The normalized spacial score (nSPS) is 20.1. The van der Waals surface area contributed by atoms with Crippen molar-refractivity contribution in [2.75, 3.05) is 32.0 Å². The maximum absolute atomic E-state index is 11.0. The average molecular weight is 264 g/mol. The van der Waals surface area contributed by atoms with E-state index in [1.165, 1.54) is 0 Å². The largest absolute Gasteiger partial charge is 0.492 e. The summed E-state index contributed by atoms with van der Waals surface area (Å²) in [4.78, 5) is 13.1. The maximum atomic E-state index is 11.0. The summed E-state index contributed by atoms with van der Waals surface area (Å²) in [6, 6.07) is 7.28. The molecule has 1 unspecified atom stereocenters. The number of carboxylic acids is 1. The van der Waals surface area contributed by atoms with Gasteiger partial charge < -0.3 is 15.6 Å². The molecule has 0 aromatic heterocycles. The van der Waals surface area contributed by atoms with E-state index in [4.69, 9.17) is 15.6 Å². The van der Waals surface area contributed by atoms with E-state index < -0.39 is 5.97 Å². The molecule has 1 heterocycles. The van der Waals surface area contributed by atoms with Crippen LogP contribution in [0.1, 0.15) is 12.8 Å². The van der Waals surface area contributed by atoms with Crippen LogP contribution in [0.15, 0.2) is 24.3 Å². The van der Waals surface area contributed by atoms with Crippen molar-refractivity contribution >= 4 is 11.7 Å². The maximum Gasteiger partial charge on any atom is 0.307 e. The molecule has 5 heteroatoms. The number of nitrogens with two attached hydrogens (primary N) is 1. The minimum Gasteiger partial charge on any atom is -0.492 e. The zero-order chi connectivity index (χ0) is 13.7. The smallest absolute Gasteiger partial charge is 0.307 e. The van der Waals surface area contributed by atoms with Gasteiger partial charge in [-0.25, -0.2) is 0 Å². The first-order valence-corrected chi connectivity index (χ1v) is 6.58. The van der Waals surface area contributed by atoms with Gasteiger partial charge in [-0.2, -0.15) is 0 Å². The van der Waals surface area contributed by atoms with Crippen LogP contribution in [-0.2, 0) is 4.79 Å². The number of ether oxygens (including phenoxy) is 1. The predicted molar refractivity (Wildman–Crippen MR) is 73.1 cm³/mol. The number of hydrogen-bond acceptors (Lipinski definition) is 4. The number of nitrogens with zero attached hydrogens (tertiary/aromatic N) is 1. The molecule has 0 radical (unpaired) electrons. The van der Waals surface area contributed by atoms with Gasteiger partial charge in [-0.1, -0.05) is 0 Å². The van der Waals surface area contributed by atoms with Crippen LogP contribution in [0.2, 0.25) is 0 Å². The van der Waals surface area contributed by atoms with Crippen LogP contribution in [0.4, 0.5) is 5.69 Å². The van der Waals surface area contributed by atoms with E-state index >= 15 is 0 Å². The third kappa shape index (κ3) is 4.13. The lowest BCUT2D eigenvalue weighted by Gasteiger charge is -2.30. The van der Waals surface area contributed by atoms with Crippen LogP contribution in [0, 0.1) is 5.92 Å². The number of anilines is 1. The van der Waals surface area contributed by atoms with Gasteiger partial charge >= 0.3 is 5.97 Å². The molecule has 1 saturated heterocycles. The number of hydrogen-bond donors (Lipinski definition) is 2. The number of benzene rings is 1. The van der Waals surface area contributed by atoms with Gasteiger partial charge in [0, 0.05) is 18.8 Å². The van der Waals surface area contributed by atoms with Crippen LogP contribution < -0.4 is 10.5 Å². The van der Waals surface area contributed by atoms with Crippen molar-refractivity contribution in [2.24, 2.45) is 5.92 Å². The minimum atomic E-state index is -0.691. The Balaban J connectivity index is 1.73. The Kier molecular flexibility index (Phi) is 4.63. The predicted octanol–water partition coefficient (Wildman–Crippen LogP) is 1.44. The summed E-state index contributed by atoms with van der Waals surface area (Å²) < 4.78 is 5.61. The first-order chi connectivity index (χ1) is 9.15. The zero-order valence-corrected chi connectivity index (χ0v) is 10.9. The second-order valence-corrected chi connectivity index (χ2v) is 4.90. The molecule has 1 aliphatic heterocycles. The number of rotatable bonds is 5. The Labute approximate surface area is 113 Å². The van der Waals surface area contributed by atoms with Gasteiger partial charge in [-0.3, -0.25) is 9.69 Å². The molecule has 1 aromatic carbocycles. The van der Waals surface area contributed by atoms with E-state index in [9.17, 15) is 4.79 Å². The highest BCUT2D eigenvalue weighted by molar-refractivity contribution is 5.70. The Morgan fingerprint density at radius 3 is 2.84 bits per heavy atom. The van der Waals surface area contributed by atoms with Crippen LogP contribution in [0.3, 0.4) is 0 Å². The lowest BCUT2D eigenvalue weighted by atomic mass is 9.98. The first-order valence-electron chi connectivity index (χ1n) is 6.58. The lowest BCUT2D eigenvalue weighted by molar-refractivity contribution is -0.143. The van der Waals surface area contributed by atoms with Gasteiger partial charge in [-0.05, 0) is 43.7 Å². The summed E-state index contributed by atoms with van der Waals surface area (Å²) in [5, 5.41) is 9.02. The van der Waals surface area contributed by atoms with Gasteiger partial charge in [0.2, 0.25) is 0 Å². The van der Waals surface area contributed by atoms with Gasteiger partial charge in [0.25, 0.3) is 0 Å². The van der Waals surface area contributed by atoms with Crippen LogP contribution in [0.25, 0.3) is 0 Å². The van der Waals surface area contributed by atoms with E-state index in [-0.39, 0.29) is 5.92 Å². The number of aliphatic carboxylic acids is 1. The van der Waals surface area contributed by atoms with Crippen molar-refractivity contribution in [1.82, 2.24) is 4.90 Å². The molecule has 3 N–H and O–H groups in total. The fraction of sp³-hybridized carbons (Fsp3) is 0.500. The van der Waals surface area contributed by atoms with Crippen LogP contribution >= 0.6 is 0 Å².